The molecule has 0 N–H and O–H groups in total. The SMILES string of the molecule is [2H]B([3H])CCCF. The normalized spacial score (nSPS) is 13.0. The molecule has 0 bridgehead atoms. The monoisotopic (exact) mass is 77.1 g/mol. The molecule has 0 aromatic carbocycles. The fraction of sp³-hybridized carbons (Fsp3) is 1.00. The third-order valence-corrected chi connectivity index (χ3v) is 0.338. The Labute approximate surface area is 35.5 Å². The van der Waals surface area contributed by atoms with Crippen molar-refractivity contribution in [3.63, 3.8) is 0 Å². The fourth-order valence-electron chi connectivity index (χ4n) is 0.0772. The van der Waals surface area contributed by atoms with Crippen LogP contribution in [0.2, 0.25) is 6.32 Å². The van der Waals surface area contributed by atoms with Crippen LogP contribution in [0, 0.1) is 0 Å². The first kappa shape index (κ1) is 2.22. The zero-order valence-electron chi connectivity index (χ0n) is 5.08. The van der Waals surface area contributed by atoms with E-state index in [4.69, 9.17) is 2.67 Å². The summed E-state index contributed by atoms with van der Waals surface area (Å²) in [5, 5.41) is 0. The topological polar surface area (TPSA) is 0 Å². The summed E-state index contributed by atoms with van der Waals surface area (Å²) in [6.45, 7) is -0.395. The summed E-state index contributed by atoms with van der Waals surface area (Å²) < 4.78 is 24.3. The average molecular weight is 76.9 g/mol. The predicted octanol–water partition coefficient (Wildman–Crippen LogP) is 0.397. The van der Waals surface area contributed by atoms with Gasteiger partial charge in [0.15, 0.2) is 0 Å². The summed E-state index contributed by atoms with van der Waals surface area (Å²) in [5.41, 5.74) is 0. The average Bonchev–Trinajstić information content (AvgIpc) is 1.61. The second-order valence-electron chi connectivity index (χ2n) is 0.831. The summed E-state index contributed by atoms with van der Waals surface area (Å²) in [4.78, 5) is 0. The smallest absolute Gasteiger partial charge is 0.101 e. The molecule has 0 nitrogen and oxygen atoms in total. The third-order valence-electron chi connectivity index (χ3n) is 0.338. The van der Waals surface area contributed by atoms with E-state index in [9.17, 15) is 4.39 Å². The molecule has 0 radical (unpaired) electrons. The number of halogens is 1. The lowest BCUT2D eigenvalue weighted by molar-refractivity contribution is 0.487. The number of rotatable bonds is 3. The molecule has 0 rings (SSSR count). The molecule has 0 fully saturated rings. The van der Waals surface area contributed by atoms with Crippen molar-refractivity contribution in [3.8, 4) is 0 Å². The van der Waals surface area contributed by atoms with Crippen molar-refractivity contribution in [1.82, 2.24) is 0 Å². The van der Waals surface area contributed by atoms with Gasteiger partial charge in [0.2, 0.25) is 0 Å². The van der Waals surface area contributed by atoms with Crippen LogP contribution in [-0.4, -0.2) is 17.1 Å². The molecule has 0 aliphatic heterocycles. The lowest BCUT2D eigenvalue weighted by Crippen LogP contribution is -1.70. The van der Waals surface area contributed by atoms with E-state index >= 15 is 0 Å². The first-order chi connectivity index (χ1) is 3.27. The van der Waals surface area contributed by atoms with Crippen LogP contribution in [0.1, 0.15) is 6.42 Å². The number of alkyl halides is 1. The lowest BCUT2D eigenvalue weighted by Gasteiger charge is -1.76. The minimum absolute atomic E-state index is 0.358. The standard InChI is InChI=1S/C3H8BF/c4-2-1-3-5/h1-4H2/i4TD. The van der Waals surface area contributed by atoms with E-state index in [0.29, 0.717) is 12.7 Å². The molecule has 0 unspecified atom stereocenters. The van der Waals surface area contributed by atoms with Crippen LogP contribution < -0.4 is 0 Å². The summed E-state index contributed by atoms with van der Waals surface area (Å²) in [7, 11) is -0.837. The van der Waals surface area contributed by atoms with Crippen molar-refractivity contribution in [3.05, 3.63) is 0 Å². The van der Waals surface area contributed by atoms with Crippen molar-refractivity contribution >= 4 is 7.77 Å². The number of hydrogen-bond acceptors (Lipinski definition) is 0. The van der Waals surface area contributed by atoms with Gasteiger partial charge in [-0.05, 0) is 9.09 Å². The van der Waals surface area contributed by atoms with Crippen LogP contribution in [0.15, 0.2) is 0 Å². The van der Waals surface area contributed by atoms with Crippen molar-refractivity contribution in [1.29, 1.82) is 2.67 Å². The highest BCUT2D eigenvalue weighted by Gasteiger charge is 1.72. The molecule has 2 heteroatoms. The van der Waals surface area contributed by atoms with Crippen LogP contribution >= 0.6 is 0 Å². The first-order valence-electron chi connectivity index (χ1n) is 2.83. The van der Waals surface area contributed by atoms with Gasteiger partial charge in [-0.3, -0.25) is 4.39 Å². The van der Waals surface area contributed by atoms with Gasteiger partial charge in [0.05, 0.1) is 6.67 Å². The van der Waals surface area contributed by atoms with Gasteiger partial charge in [0.25, 0.3) is 0 Å². The summed E-state index contributed by atoms with van der Waals surface area (Å²) >= 11 is 0. The minimum atomic E-state index is -0.837. The number of hydrogen-bond donors (Lipinski definition) is 0. The highest BCUT2D eigenvalue weighted by molar-refractivity contribution is 6.08. The van der Waals surface area contributed by atoms with E-state index in [0.717, 1.165) is 0 Å². The van der Waals surface area contributed by atoms with Crippen molar-refractivity contribution in [2.24, 2.45) is 0 Å². The van der Waals surface area contributed by atoms with Crippen LogP contribution in [0.3, 0.4) is 0 Å². The quantitative estimate of drug-likeness (QED) is 0.427. The molecule has 30 valence electrons. The van der Waals surface area contributed by atoms with Crippen molar-refractivity contribution in [2.75, 3.05) is 6.67 Å². The first-order valence-corrected chi connectivity index (χ1v) is 1.68. The summed E-state index contributed by atoms with van der Waals surface area (Å²) in [5.74, 6) is 0. The molecule has 0 aliphatic carbocycles. The highest BCUT2D eigenvalue weighted by atomic mass is 19.1. The molecule has 0 aromatic heterocycles. The summed E-state index contributed by atoms with van der Waals surface area (Å²) in [6.07, 6.45) is 0.716. The van der Waals surface area contributed by atoms with Crippen LogP contribution in [0.5, 0.6) is 0 Å². The molecule has 0 saturated heterocycles. The third kappa shape index (κ3) is 3.99. The van der Waals surface area contributed by atoms with Crippen LogP contribution in [0.25, 0.3) is 0 Å². The van der Waals surface area contributed by atoms with E-state index in [-0.39, 0.29) is 0 Å². The predicted molar refractivity (Wildman–Crippen MR) is 23.9 cm³/mol. The molecule has 5 heavy (non-hydrogen) atoms. The van der Waals surface area contributed by atoms with Gasteiger partial charge in [-0.25, -0.2) is 0 Å². The maximum atomic E-state index is 11.2. The van der Waals surface area contributed by atoms with E-state index in [1.807, 2.05) is 0 Å². The molecule has 0 atom stereocenters. The van der Waals surface area contributed by atoms with E-state index in [1.54, 1.807) is 0 Å². The van der Waals surface area contributed by atoms with Crippen LogP contribution in [0.4, 0.5) is 4.39 Å². The molecule has 0 amide bonds. The highest BCUT2D eigenvalue weighted by Crippen LogP contribution is 1.81. The van der Waals surface area contributed by atoms with Gasteiger partial charge in [0, 0.05) is 0 Å². The zero-order valence-corrected chi connectivity index (χ0v) is 3.08. The molecular weight excluding hydrogens is 65.8 g/mol. The molecule has 0 aliphatic rings. The Balaban J connectivity index is 2.68. The van der Waals surface area contributed by atoms with E-state index in [1.165, 1.54) is 0 Å². The Morgan fingerprint density at radius 2 is 3.20 bits per heavy atom. The Morgan fingerprint density at radius 1 is 2.40 bits per heavy atom. The Kier molecular flexibility index (Phi) is 1.77. The van der Waals surface area contributed by atoms with E-state index < -0.39 is 14.4 Å². The maximum absolute atomic E-state index is 11.2. The van der Waals surface area contributed by atoms with E-state index in [2.05, 4.69) is 0 Å². The van der Waals surface area contributed by atoms with Gasteiger partial charge in [-0.15, -0.1) is 0 Å². The summed E-state index contributed by atoms with van der Waals surface area (Å²) in [6, 6.07) is 0. The molecule has 0 aromatic rings. The van der Waals surface area contributed by atoms with Gasteiger partial charge in [-0.2, -0.15) is 0 Å². The molecule has 0 heterocycles. The lowest BCUT2D eigenvalue weighted by atomic mass is 10.0. The largest absolute Gasteiger partial charge is 0.251 e. The Hall–Kier alpha value is -0.00506. The minimum Gasteiger partial charge on any atom is -0.251 e. The zero-order chi connectivity index (χ0) is 5.70. The van der Waals surface area contributed by atoms with Crippen molar-refractivity contribution in [2.45, 2.75) is 12.7 Å². The van der Waals surface area contributed by atoms with Crippen LogP contribution in [-0.2, 0) is 0 Å². The van der Waals surface area contributed by atoms with Gasteiger partial charge in [-0.1, -0.05) is 6.32 Å². The fourth-order valence-corrected chi connectivity index (χ4v) is 0.0772. The Morgan fingerprint density at radius 3 is 3.40 bits per heavy atom. The molecular formula is C3H8BF. The maximum Gasteiger partial charge on any atom is 0.101 e. The van der Waals surface area contributed by atoms with Gasteiger partial charge < -0.3 is 0 Å². The van der Waals surface area contributed by atoms with Crippen molar-refractivity contribution < 1.29 is 4.39 Å². The molecule has 0 spiro atoms. The molecule has 0 saturated carbocycles. The Bertz CT molecular complexity index is 41.9. The second-order valence-corrected chi connectivity index (χ2v) is 0.831. The van der Waals surface area contributed by atoms with Gasteiger partial charge >= 0.3 is 0 Å². The van der Waals surface area contributed by atoms with Gasteiger partial charge in [0.1, 0.15) is 7.77 Å². The second kappa shape index (κ2) is 3.99.